The monoisotopic (exact) mass is 145 g/mol. The molecule has 0 atom stereocenters. The zero-order chi connectivity index (χ0) is 5.91. The van der Waals surface area contributed by atoms with E-state index in [0.717, 1.165) is 11.0 Å². The van der Waals surface area contributed by atoms with Crippen LogP contribution in [0, 0.1) is 0 Å². The molecule has 0 saturated heterocycles. The molecule has 9 heavy (non-hydrogen) atoms. The third kappa shape index (κ3) is 17.7. The quantitative estimate of drug-likeness (QED) is 0.321. The first-order valence-corrected chi connectivity index (χ1v) is 2.47. The number of hydrogen-bond donors (Lipinski definition) is 2. The minimum Gasteiger partial charge on any atom is -1.00 e. The van der Waals surface area contributed by atoms with Gasteiger partial charge in [0, 0.05) is 0 Å². The first-order valence-electron chi connectivity index (χ1n) is 2.47. The van der Waals surface area contributed by atoms with Gasteiger partial charge in [-0.2, -0.15) is 0 Å². The van der Waals surface area contributed by atoms with Crippen molar-refractivity contribution >= 4 is 0 Å². The van der Waals surface area contributed by atoms with E-state index >= 15 is 0 Å². The fraction of sp³-hybridized carbons (Fsp3) is 1.00. The summed E-state index contributed by atoms with van der Waals surface area (Å²) in [5.41, 5.74) is 0. The van der Waals surface area contributed by atoms with E-state index < -0.39 is 0 Å². The molecule has 0 amide bonds. The molecule has 0 radical (unpaired) electrons. The average molecular weight is 145 g/mol. The molecule has 0 aliphatic carbocycles. The van der Waals surface area contributed by atoms with Crippen LogP contribution >= 0.6 is 0 Å². The zero-order valence-corrected chi connectivity index (χ0v) is 9.02. The van der Waals surface area contributed by atoms with E-state index in [2.05, 4.69) is 21.1 Å². The van der Waals surface area contributed by atoms with Gasteiger partial charge in [0.1, 0.15) is 6.54 Å². The van der Waals surface area contributed by atoms with E-state index in [-0.39, 0.29) is 43.7 Å². The summed E-state index contributed by atoms with van der Waals surface area (Å²) in [7, 11) is 6.16. The van der Waals surface area contributed by atoms with Gasteiger partial charge in [-0.3, -0.25) is 0 Å². The summed E-state index contributed by atoms with van der Waals surface area (Å²) >= 11 is 0. The SMILES string of the molecule is C[N+](C)(C)CCO.N.[H-].[Na+]. The van der Waals surface area contributed by atoms with Gasteiger partial charge in [-0.1, -0.05) is 0 Å². The van der Waals surface area contributed by atoms with Crippen molar-refractivity contribution in [1.29, 1.82) is 0 Å². The normalized spacial score (nSPS) is 9.33. The Labute approximate surface area is 81.0 Å². The van der Waals surface area contributed by atoms with Crippen LogP contribution in [0.15, 0.2) is 0 Å². The molecule has 0 aliphatic heterocycles. The van der Waals surface area contributed by atoms with Crippen LogP contribution in [0.5, 0.6) is 0 Å². The van der Waals surface area contributed by atoms with Crippen molar-refractivity contribution in [2.75, 3.05) is 34.3 Å². The molecule has 0 heterocycles. The van der Waals surface area contributed by atoms with E-state index in [1.807, 2.05) is 0 Å². The van der Waals surface area contributed by atoms with E-state index in [0.29, 0.717) is 0 Å². The minimum atomic E-state index is 0. The second-order valence-electron chi connectivity index (χ2n) is 2.74. The van der Waals surface area contributed by atoms with Gasteiger partial charge < -0.3 is 17.2 Å². The van der Waals surface area contributed by atoms with Gasteiger partial charge >= 0.3 is 29.6 Å². The molecule has 0 rings (SSSR count). The van der Waals surface area contributed by atoms with Crippen molar-refractivity contribution < 1.29 is 40.6 Å². The number of likely N-dealkylation sites (N-methyl/N-ethyl adjacent to an activating group) is 1. The van der Waals surface area contributed by atoms with Crippen LogP contribution in [0.4, 0.5) is 0 Å². The Kier molecular flexibility index (Phi) is 12.8. The Hall–Kier alpha value is 0.880. The summed E-state index contributed by atoms with van der Waals surface area (Å²) in [6, 6.07) is 0. The van der Waals surface area contributed by atoms with Crippen molar-refractivity contribution in [3.05, 3.63) is 0 Å². The van der Waals surface area contributed by atoms with Gasteiger partial charge in [-0.15, -0.1) is 0 Å². The van der Waals surface area contributed by atoms with Crippen LogP contribution in [-0.2, 0) is 0 Å². The molecule has 4 heteroatoms. The number of aliphatic hydroxyl groups excluding tert-OH is 1. The van der Waals surface area contributed by atoms with Gasteiger partial charge in [-0.05, 0) is 0 Å². The number of hydrogen-bond acceptors (Lipinski definition) is 2. The molecule has 54 valence electrons. The Balaban J connectivity index is -0.0000000600. The van der Waals surface area contributed by atoms with Gasteiger partial charge in [0.15, 0.2) is 0 Å². The van der Waals surface area contributed by atoms with E-state index in [1.54, 1.807) is 0 Å². The standard InChI is InChI=1S/C5H14NO.H3N.Na.H/c1-6(2,3)4-5-7;;;/h7H,4-5H2,1-3H3;1H3;;/q+1;;+1;-1. The maximum atomic E-state index is 8.39. The second-order valence-corrected chi connectivity index (χ2v) is 2.74. The number of quaternary nitrogens is 1. The number of nitrogens with zero attached hydrogens (tertiary/aromatic N) is 1. The summed E-state index contributed by atoms with van der Waals surface area (Å²) in [4.78, 5) is 0. The molecule has 0 saturated carbocycles. The van der Waals surface area contributed by atoms with Crippen molar-refractivity contribution in [3.63, 3.8) is 0 Å². The first-order chi connectivity index (χ1) is 3.06. The van der Waals surface area contributed by atoms with Crippen molar-refractivity contribution in [2.45, 2.75) is 0 Å². The molecule has 3 nitrogen and oxygen atoms in total. The Morgan fingerprint density at radius 3 is 1.67 bits per heavy atom. The van der Waals surface area contributed by atoms with Gasteiger partial charge in [0.2, 0.25) is 0 Å². The molecule has 0 aromatic heterocycles. The third-order valence-electron chi connectivity index (χ3n) is 0.771. The molecule has 4 N–H and O–H groups in total. The van der Waals surface area contributed by atoms with E-state index in [9.17, 15) is 0 Å². The summed E-state index contributed by atoms with van der Waals surface area (Å²) in [5.74, 6) is 0. The summed E-state index contributed by atoms with van der Waals surface area (Å²) in [6.45, 7) is 1.11. The molecular formula is C5H18N2NaO+. The molecule has 0 fully saturated rings. The summed E-state index contributed by atoms with van der Waals surface area (Å²) in [5, 5.41) is 8.39. The van der Waals surface area contributed by atoms with Crippen LogP contribution < -0.4 is 35.7 Å². The zero-order valence-electron chi connectivity index (χ0n) is 8.02. The molecule has 0 aromatic rings. The average Bonchev–Trinajstić information content (AvgIpc) is 1.30. The Morgan fingerprint density at radius 2 is 1.67 bits per heavy atom. The Bertz CT molecular complexity index is 58.1. The van der Waals surface area contributed by atoms with Crippen molar-refractivity contribution in [3.8, 4) is 0 Å². The van der Waals surface area contributed by atoms with Crippen LogP contribution in [-0.4, -0.2) is 43.9 Å². The molecule has 0 aromatic carbocycles. The van der Waals surface area contributed by atoms with Crippen LogP contribution in [0.2, 0.25) is 0 Å². The maximum Gasteiger partial charge on any atom is 1.00 e. The topological polar surface area (TPSA) is 55.2 Å². The van der Waals surface area contributed by atoms with Crippen LogP contribution in [0.3, 0.4) is 0 Å². The van der Waals surface area contributed by atoms with E-state index in [1.165, 1.54) is 0 Å². The molecular weight excluding hydrogens is 127 g/mol. The maximum absolute atomic E-state index is 8.39. The predicted molar refractivity (Wildman–Crippen MR) is 36.1 cm³/mol. The van der Waals surface area contributed by atoms with Gasteiger partial charge in [0.05, 0.1) is 27.7 Å². The first kappa shape index (κ1) is 16.5. The number of aliphatic hydroxyl groups is 1. The summed E-state index contributed by atoms with van der Waals surface area (Å²) in [6.07, 6.45) is 0. The van der Waals surface area contributed by atoms with Crippen molar-refractivity contribution in [1.82, 2.24) is 6.15 Å². The minimum absolute atomic E-state index is 0. The predicted octanol–water partition coefficient (Wildman–Crippen LogP) is -3.04. The van der Waals surface area contributed by atoms with Gasteiger partial charge in [0.25, 0.3) is 0 Å². The number of rotatable bonds is 2. The molecule has 0 bridgehead atoms. The Morgan fingerprint density at radius 1 is 1.33 bits per heavy atom. The largest absolute Gasteiger partial charge is 1.00 e. The second kappa shape index (κ2) is 6.99. The molecule has 0 aliphatic rings. The van der Waals surface area contributed by atoms with Crippen LogP contribution in [0.25, 0.3) is 0 Å². The fourth-order valence-corrected chi connectivity index (χ4v) is 0.300. The molecule has 0 spiro atoms. The fourth-order valence-electron chi connectivity index (χ4n) is 0.300. The smallest absolute Gasteiger partial charge is 1.00 e. The van der Waals surface area contributed by atoms with E-state index in [4.69, 9.17) is 5.11 Å². The van der Waals surface area contributed by atoms with Gasteiger partial charge in [-0.25, -0.2) is 0 Å². The van der Waals surface area contributed by atoms with Crippen molar-refractivity contribution in [2.24, 2.45) is 0 Å². The summed E-state index contributed by atoms with van der Waals surface area (Å²) < 4.78 is 0.844. The molecule has 0 unspecified atom stereocenters. The third-order valence-corrected chi connectivity index (χ3v) is 0.771. The van der Waals surface area contributed by atoms with Crippen LogP contribution in [0.1, 0.15) is 1.43 Å².